The molecule has 0 bridgehead atoms. The monoisotopic (exact) mass is 363 g/mol. The van der Waals surface area contributed by atoms with Crippen LogP contribution in [-0.2, 0) is 24.0 Å². The van der Waals surface area contributed by atoms with E-state index in [0.29, 0.717) is 0 Å². The van der Waals surface area contributed by atoms with E-state index in [4.69, 9.17) is 16.6 Å². The van der Waals surface area contributed by atoms with Crippen molar-refractivity contribution < 1.29 is 29.1 Å². The maximum absolute atomic E-state index is 11.7. The summed E-state index contributed by atoms with van der Waals surface area (Å²) in [6, 6.07) is -3.39. The zero-order chi connectivity index (χ0) is 18.9. The van der Waals surface area contributed by atoms with Crippen LogP contribution in [0.5, 0.6) is 0 Å². The summed E-state index contributed by atoms with van der Waals surface area (Å²) >= 11 is 3.78. The number of aliphatic carboxylic acids is 1. The van der Waals surface area contributed by atoms with E-state index in [2.05, 4.69) is 28.6 Å². The first-order valence-corrected chi connectivity index (χ1v) is 7.46. The molecular formula is C12H21N5O6S. The normalized spacial score (nSPS) is 14.0. The smallest absolute Gasteiger partial charge is 0.327 e. The molecule has 0 rings (SSSR count). The van der Waals surface area contributed by atoms with E-state index >= 15 is 0 Å². The van der Waals surface area contributed by atoms with E-state index in [1.165, 1.54) is 6.92 Å². The first-order valence-electron chi connectivity index (χ1n) is 6.83. The summed E-state index contributed by atoms with van der Waals surface area (Å²) in [6.07, 6.45) is -0.372. The van der Waals surface area contributed by atoms with Crippen molar-refractivity contribution in [3.8, 4) is 0 Å². The fourth-order valence-corrected chi connectivity index (χ4v) is 1.69. The molecule has 11 nitrogen and oxygen atoms in total. The summed E-state index contributed by atoms with van der Waals surface area (Å²) in [5.74, 6) is -4.30. The molecular weight excluding hydrogens is 342 g/mol. The van der Waals surface area contributed by atoms with Crippen LogP contribution in [-0.4, -0.2) is 65.1 Å². The van der Waals surface area contributed by atoms with Gasteiger partial charge in [-0.2, -0.15) is 12.6 Å². The number of carbonyl (C=O) groups excluding carboxylic acids is 4. The maximum Gasteiger partial charge on any atom is 0.327 e. The lowest BCUT2D eigenvalue weighted by Crippen LogP contribution is -2.53. The third-order valence-electron chi connectivity index (χ3n) is 2.75. The summed E-state index contributed by atoms with van der Waals surface area (Å²) in [5, 5.41) is 15.4. The molecule has 0 aromatic heterocycles. The van der Waals surface area contributed by atoms with Gasteiger partial charge in [-0.1, -0.05) is 0 Å². The zero-order valence-corrected chi connectivity index (χ0v) is 13.8. The van der Waals surface area contributed by atoms with Gasteiger partial charge in [0.05, 0.1) is 19.0 Å². The van der Waals surface area contributed by atoms with Crippen molar-refractivity contribution in [2.45, 2.75) is 31.5 Å². The van der Waals surface area contributed by atoms with Crippen LogP contribution in [0.15, 0.2) is 0 Å². The Labute approximate surface area is 143 Å². The van der Waals surface area contributed by atoms with Crippen molar-refractivity contribution in [2.24, 2.45) is 11.5 Å². The van der Waals surface area contributed by atoms with Gasteiger partial charge in [0.15, 0.2) is 0 Å². The molecule has 0 aromatic carbocycles. The molecule has 3 unspecified atom stereocenters. The van der Waals surface area contributed by atoms with Gasteiger partial charge in [-0.3, -0.25) is 19.2 Å². The second-order valence-corrected chi connectivity index (χ2v) is 5.23. The van der Waals surface area contributed by atoms with Crippen molar-refractivity contribution in [1.82, 2.24) is 16.0 Å². The topological polar surface area (TPSA) is 194 Å². The Bertz CT molecular complexity index is 514. The van der Waals surface area contributed by atoms with Crippen molar-refractivity contribution >= 4 is 42.2 Å². The lowest BCUT2D eigenvalue weighted by Gasteiger charge is -2.17. The van der Waals surface area contributed by atoms with Gasteiger partial charge in [-0.15, -0.1) is 0 Å². The number of amides is 4. The minimum atomic E-state index is -1.26. The van der Waals surface area contributed by atoms with Crippen LogP contribution in [0.25, 0.3) is 0 Å². The van der Waals surface area contributed by atoms with E-state index in [9.17, 15) is 24.0 Å². The lowest BCUT2D eigenvalue weighted by molar-refractivity contribution is -0.141. The fourth-order valence-electron chi connectivity index (χ4n) is 1.45. The van der Waals surface area contributed by atoms with Crippen LogP contribution in [0.3, 0.4) is 0 Å². The Morgan fingerprint density at radius 2 is 1.71 bits per heavy atom. The van der Waals surface area contributed by atoms with E-state index < -0.39 is 54.3 Å². The Morgan fingerprint density at radius 3 is 2.17 bits per heavy atom. The number of nitrogens with two attached hydrogens (primary N) is 2. The largest absolute Gasteiger partial charge is 0.480 e. The summed E-state index contributed by atoms with van der Waals surface area (Å²) in [5.41, 5.74) is 10.3. The van der Waals surface area contributed by atoms with Crippen molar-refractivity contribution in [2.75, 3.05) is 12.3 Å². The molecule has 8 N–H and O–H groups in total. The third-order valence-corrected chi connectivity index (χ3v) is 3.11. The summed E-state index contributed by atoms with van der Waals surface area (Å²) < 4.78 is 0. The molecule has 12 heteroatoms. The standard InChI is InChI=1S/C12H21N5O6S/c1-5(16-11(21)6(13)2-8(14)18)10(20)15-3-9(19)17-7(4-24)12(22)23/h5-7,24H,2-4,13H2,1H3,(H2,14,18)(H,15,20)(H,16,21)(H,17,19)(H,22,23). The van der Waals surface area contributed by atoms with Gasteiger partial charge in [0, 0.05) is 5.75 Å². The summed E-state index contributed by atoms with van der Waals surface area (Å²) in [6.45, 7) is 0.861. The van der Waals surface area contributed by atoms with Crippen molar-refractivity contribution in [1.29, 1.82) is 0 Å². The van der Waals surface area contributed by atoms with Gasteiger partial charge >= 0.3 is 5.97 Å². The number of rotatable bonds is 10. The summed E-state index contributed by atoms with van der Waals surface area (Å²) in [7, 11) is 0. The van der Waals surface area contributed by atoms with E-state index in [1.54, 1.807) is 0 Å². The van der Waals surface area contributed by atoms with Gasteiger partial charge < -0.3 is 32.5 Å². The van der Waals surface area contributed by atoms with Crippen molar-refractivity contribution in [3.05, 3.63) is 0 Å². The average Bonchev–Trinajstić information content (AvgIpc) is 2.48. The Kier molecular flexibility index (Phi) is 9.42. The van der Waals surface area contributed by atoms with Gasteiger partial charge in [0.2, 0.25) is 23.6 Å². The van der Waals surface area contributed by atoms with Crippen LogP contribution in [0, 0.1) is 0 Å². The Balaban J connectivity index is 4.31. The number of thiol groups is 1. The molecule has 3 atom stereocenters. The highest BCUT2D eigenvalue weighted by atomic mass is 32.1. The molecule has 0 aromatic rings. The van der Waals surface area contributed by atoms with Crippen molar-refractivity contribution in [3.63, 3.8) is 0 Å². The minimum Gasteiger partial charge on any atom is -0.480 e. The molecule has 136 valence electrons. The number of primary amides is 1. The SMILES string of the molecule is CC(NC(=O)C(N)CC(N)=O)C(=O)NCC(=O)NC(CS)C(=O)O. The fraction of sp³-hybridized carbons (Fsp3) is 0.583. The number of hydrogen-bond acceptors (Lipinski definition) is 7. The van der Waals surface area contributed by atoms with Crippen LogP contribution in [0.1, 0.15) is 13.3 Å². The van der Waals surface area contributed by atoms with Gasteiger partial charge in [0.1, 0.15) is 12.1 Å². The average molecular weight is 363 g/mol. The molecule has 0 heterocycles. The third kappa shape index (κ3) is 8.33. The highest BCUT2D eigenvalue weighted by Crippen LogP contribution is 1.91. The first-order chi connectivity index (χ1) is 11.1. The molecule has 0 fully saturated rings. The van der Waals surface area contributed by atoms with Crippen LogP contribution < -0.4 is 27.4 Å². The van der Waals surface area contributed by atoms with E-state index in [1.807, 2.05) is 0 Å². The highest BCUT2D eigenvalue weighted by molar-refractivity contribution is 7.80. The van der Waals surface area contributed by atoms with Gasteiger partial charge in [-0.25, -0.2) is 4.79 Å². The van der Waals surface area contributed by atoms with E-state index in [0.717, 1.165) is 0 Å². The first kappa shape index (κ1) is 21.7. The molecule has 0 saturated carbocycles. The number of carboxylic acids is 1. The second-order valence-electron chi connectivity index (χ2n) is 4.87. The van der Waals surface area contributed by atoms with Gasteiger partial charge in [0.25, 0.3) is 0 Å². The molecule has 0 aliphatic carbocycles. The molecule has 0 spiro atoms. The molecule has 24 heavy (non-hydrogen) atoms. The molecule has 0 aliphatic rings. The quantitative estimate of drug-likeness (QED) is 0.194. The number of carbonyl (C=O) groups is 5. The van der Waals surface area contributed by atoms with E-state index in [-0.39, 0.29) is 12.2 Å². The second kappa shape index (κ2) is 10.4. The van der Waals surface area contributed by atoms with Gasteiger partial charge in [-0.05, 0) is 6.92 Å². The summed E-state index contributed by atoms with van der Waals surface area (Å²) in [4.78, 5) is 56.3. The Hall–Kier alpha value is -2.34. The molecule has 0 radical (unpaired) electrons. The zero-order valence-electron chi connectivity index (χ0n) is 12.9. The van der Waals surface area contributed by atoms with Crippen LogP contribution in [0.4, 0.5) is 0 Å². The highest BCUT2D eigenvalue weighted by Gasteiger charge is 2.22. The minimum absolute atomic E-state index is 0.112. The maximum atomic E-state index is 11.7. The number of hydrogen-bond donors (Lipinski definition) is 7. The number of nitrogens with one attached hydrogen (secondary N) is 3. The molecule has 4 amide bonds. The number of carboxylic acid groups (broad SMARTS) is 1. The predicted octanol–water partition coefficient (Wildman–Crippen LogP) is -3.69. The lowest BCUT2D eigenvalue weighted by atomic mass is 10.2. The Morgan fingerprint density at radius 1 is 1.12 bits per heavy atom. The predicted molar refractivity (Wildman–Crippen MR) is 85.8 cm³/mol. The molecule has 0 saturated heterocycles. The van der Waals surface area contributed by atoms with Crippen LogP contribution in [0.2, 0.25) is 0 Å². The molecule has 0 aliphatic heterocycles. The van der Waals surface area contributed by atoms with Crippen LogP contribution >= 0.6 is 12.6 Å².